The van der Waals surface area contributed by atoms with Crippen molar-refractivity contribution in [1.82, 2.24) is 23.8 Å². The summed E-state index contributed by atoms with van der Waals surface area (Å²) in [6.45, 7) is 5.22. The number of aliphatic hydroxyl groups is 2. The number of hydrogen-bond acceptors (Lipinski definition) is 9. The molecule has 0 aliphatic carbocycles. The number of anilines is 1. The van der Waals surface area contributed by atoms with E-state index < -0.39 is 39.4 Å². The number of β-amino-alcohol motifs (C(OH)–C–C–N with tert-alkyl or cyclic N) is 1. The first-order chi connectivity index (χ1) is 17.3. The van der Waals surface area contributed by atoms with Gasteiger partial charge in [0.15, 0.2) is 17.4 Å². The lowest BCUT2D eigenvalue weighted by atomic mass is 10.0. The van der Waals surface area contributed by atoms with Crippen molar-refractivity contribution in [2.24, 2.45) is 0 Å². The van der Waals surface area contributed by atoms with Gasteiger partial charge in [0, 0.05) is 13.1 Å². The summed E-state index contributed by atoms with van der Waals surface area (Å²) in [6, 6.07) is 0.246. The molecule has 37 heavy (non-hydrogen) atoms. The lowest BCUT2D eigenvalue weighted by Crippen LogP contribution is -2.51. The largest absolute Gasteiger partial charge is 0.488 e. The topological polar surface area (TPSA) is 143 Å². The SMILES string of the molecule is CC1COc2c(-c3nc(NC4CCN(S(C)(=O)=O)CC4O)ncc3F)cc(F)c3nc(C(C)(C)O)n1c23. The molecule has 0 saturated carbocycles. The van der Waals surface area contributed by atoms with Gasteiger partial charge in [-0.05, 0) is 33.3 Å². The van der Waals surface area contributed by atoms with Crippen LogP contribution >= 0.6 is 0 Å². The Kier molecular flexibility index (Phi) is 6.13. The van der Waals surface area contributed by atoms with Crippen molar-refractivity contribution in [2.75, 3.05) is 31.3 Å². The second kappa shape index (κ2) is 8.82. The van der Waals surface area contributed by atoms with Crippen molar-refractivity contribution >= 4 is 27.0 Å². The number of sulfonamides is 1. The van der Waals surface area contributed by atoms with Crippen LogP contribution < -0.4 is 10.1 Å². The van der Waals surface area contributed by atoms with Crippen LogP contribution in [0.3, 0.4) is 0 Å². The van der Waals surface area contributed by atoms with Gasteiger partial charge in [0.1, 0.15) is 34.8 Å². The zero-order chi connectivity index (χ0) is 26.9. The lowest BCUT2D eigenvalue weighted by molar-refractivity contribution is 0.0616. The Morgan fingerprint density at radius 3 is 2.62 bits per heavy atom. The maximum Gasteiger partial charge on any atom is 0.223 e. The predicted octanol–water partition coefficient (Wildman–Crippen LogP) is 1.76. The maximum absolute atomic E-state index is 15.3. The van der Waals surface area contributed by atoms with Crippen LogP contribution in [0, 0.1) is 11.6 Å². The molecule has 200 valence electrons. The average Bonchev–Trinajstić information content (AvgIpc) is 3.23. The third kappa shape index (κ3) is 4.51. The number of nitrogens with zero attached hydrogens (tertiary/aromatic N) is 5. The van der Waals surface area contributed by atoms with Gasteiger partial charge in [-0.3, -0.25) is 0 Å². The van der Waals surface area contributed by atoms with E-state index in [0.717, 1.165) is 18.5 Å². The van der Waals surface area contributed by atoms with Gasteiger partial charge in [0.05, 0.1) is 36.2 Å². The smallest absolute Gasteiger partial charge is 0.223 e. The molecule has 0 bridgehead atoms. The van der Waals surface area contributed by atoms with Crippen LogP contribution in [-0.2, 0) is 15.6 Å². The van der Waals surface area contributed by atoms with Gasteiger partial charge in [0.2, 0.25) is 16.0 Å². The number of piperidine rings is 1. The number of benzene rings is 1. The van der Waals surface area contributed by atoms with Crippen molar-refractivity contribution in [1.29, 1.82) is 0 Å². The molecule has 2 aliphatic rings. The molecule has 1 fully saturated rings. The molecule has 1 saturated heterocycles. The summed E-state index contributed by atoms with van der Waals surface area (Å²) < 4.78 is 62.7. The van der Waals surface area contributed by atoms with Gasteiger partial charge < -0.3 is 24.8 Å². The normalized spacial score (nSPS) is 22.8. The summed E-state index contributed by atoms with van der Waals surface area (Å²) in [7, 11) is -3.45. The van der Waals surface area contributed by atoms with Crippen LogP contribution in [0.4, 0.5) is 14.7 Å². The Hall–Kier alpha value is -2.94. The Balaban J connectivity index is 1.55. The highest BCUT2D eigenvalue weighted by molar-refractivity contribution is 7.88. The molecule has 0 spiro atoms. The summed E-state index contributed by atoms with van der Waals surface area (Å²) in [5.41, 5.74) is -1.24. The second-order valence-electron chi connectivity index (χ2n) is 10.1. The zero-order valence-electron chi connectivity index (χ0n) is 20.7. The van der Waals surface area contributed by atoms with Crippen LogP contribution in [0.25, 0.3) is 22.3 Å². The molecule has 3 aromatic rings. The lowest BCUT2D eigenvalue weighted by Gasteiger charge is -2.34. The molecule has 14 heteroatoms. The quantitative estimate of drug-likeness (QED) is 0.443. The number of halogens is 2. The molecule has 3 N–H and O–H groups in total. The summed E-state index contributed by atoms with van der Waals surface area (Å²) in [6.07, 6.45) is 1.23. The molecule has 4 heterocycles. The third-order valence-electron chi connectivity index (χ3n) is 6.65. The molecule has 3 atom stereocenters. The first-order valence-electron chi connectivity index (χ1n) is 11.8. The summed E-state index contributed by atoms with van der Waals surface area (Å²) in [5.74, 6) is -1.12. The van der Waals surface area contributed by atoms with Gasteiger partial charge in [0.25, 0.3) is 0 Å². The molecule has 0 radical (unpaired) electrons. The number of imidazole rings is 1. The van der Waals surface area contributed by atoms with Gasteiger partial charge in [-0.1, -0.05) is 0 Å². The highest BCUT2D eigenvalue weighted by atomic mass is 32.2. The summed E-state index contributed by atoms with van der Waals surface area (Å²) in [4.78, 5) is 12.5. The number of aromatic nitrogens is 4. The number of hydrogen-bond donors (Lipinski definition) is 3. The minimum Gasteiger partial charge on any atom is -0.488 e. The zero-order valence-corrected chi connectivity index (χ0v) is 21.6. The van der Waals surface area contributed by atoms with E-state index >= 15 is 8.78 Å². The molecule has 3 unspecified atom stereocenters. The Bertz CT molecular complexity index is 1490. The van der Waals surface area contributed by atoms with E-state index in [1.54, 1.807) is 18.4 Å². The van der Waals surface area contributed by atoms with E-state index in [1.165, 1.54) is 4.31 Å². The number of ether oxygens (including phenoxy) is 1. The molecular weight excluding hydrogens is 510 g/mol. The van der Waals surface area contributed by atoms with Crippen LogP contribution in [-0.4, -0.2) is 80.6 Å². The van der Waals surface area contributed by atoms with Gasteiger partial charge in [-0.2, -0.15) is 4.31 Å². The van der Waals surface area contributed by atoms with E-state index in [-0.39, 0.29) is 66.5 Å². The highest BCUT2D eigenvalue weighted by Crippen LogP contribution is 2.44. The molecule has 5 rings (SSSR count). The van der Waals surface area contributed by atoms with Gasteiger partial charge >= 0.3 is 0 Å². The van der Waals surface area contributed by atoms with E-state index in [9.17, 15) is 18.6 Å². The second-order valence-corrected chi connectivity index (χ2v) is 12.1. The minimum absolute atomic E-state index is 0.00371. The van der Waals surface area contributed by atoms with E-state index in [1.807, 2.05) is 6.92 Å². The highest BCUT2D eigenvalue weighted by Gasteiger charge is 2.35. The molecule has 0 amide bonds. The molecular formula is C23H28F2N6O5S. The standard InChI is InChI=1S/C23H28F2N6O5S/c1-11-10-36-20-12(7-13(24)18-19(20)31(11)21(28-18)23(2,3)33)17-14(25)8-26-22(29-17)27-15-5-6-30(9-16(15)32)37(4,34)35/h7-8,11,15-16,32-33H,5-6,9-10H2,1-4H3,(H,26,27,29). The first kappa shape index (κ1) is 25.7. The average molecular weight is 539 g/mol. The van der Waals surface area contributed by atoms with Crippen molar-refractivity contribution in [3.8, 4) is 17.0 Å². The minimum atomic E-state index is -3.45. The van der Waals surface area contributed by atoms with Crippen LogP contribution in [0.15, 0.2) is 12.3 Å². The van der Waals surface area contributed by atoms with Gasteiger partial charge in [-0.15, -0.1) is 0 Å². The number of rotatable bonds is 5. The molecule has 11 nitrogen and oxygen atoms in total. The fourth-order valence-corrected chi connectivity index (χ4v) is 5.69. The fourth-order valence-electron chi connectivity index (χ4n) is 4.83. The number of nitrogens with one attached hydrogen (secondary N) is 1. The Morgan fingerprint density at radius 2 is 1.97 bits per heavy atom. The first-order valence-corrected chi connectivity index (χ1v) is 13.6. The molecule has 1 aromatic carbocycles. The van der Waals surface area contributed by atoms with Gasteiger partial charge in [-0.25, -0.2) is 32.2 Å². The van der Waals surface area contributed by atoms with Crippen LogP contribution in [0.5, 0.6) is 5.75 Å². The van der Waals surface area contributed by atoms with Crippen LogP contribution in [0.2, 0.25) is 0 Å². The monoisotopic (exact) mass is 538 g/mol. The third-order valence-corrected chi connectivity index (χ3v) is 7.92. The summed E-state index contributed by atoms with van der Waals surface area (Å²) >= 11 is 0. The fraction of sp³-hybridized carbons (Fsp3) is 0.522. The number of aliphatic hydroxyl groups excluding tert-OH is 1. The molecule has 2 aromatic heterocycles. The molecule has 2 aliphatic heterocycles. The van der Waals surface area contributed by atoms with Crippen molar-refractivity contribution in [3.63, 3.8) is 0 Å². The predicted molar refractivity (Wildman–Crippen MR) is 131 cm³/mol. The Morgan fingerprint density at radius 1 is 1.24 bits per heavy atom. The van der Waals surface area contributed by atoms with Crippen LogP contribution in [0.1, 0.15) is 39.1 Å². The van der Waals surface area contributed by atoms with Crippen molar-refractivity contribution in [3.05, 3.63) is 29.7 Å². The van der Waals surface area contributed by atoms with Crippen molar-refractivity contribution in [2.45, 2.75) is 51.0 Å². The van der Waals surface area contributed by atoms with Crippen molar-refractivity contribution < 1.29 is 32.1 Å². The summed E-state index contributed by atoms with van der Waals surface area (Å²) in [5, 5.41) is 24.1. The Labute approximate surface area is 212 Å². The van der Waals surface area contributed by atoms with E-state index in [4.69, 9.17) is 4.74 Å². The van der Waals surface area contributed by atoms with E-state index in [0.29, 0.717) is 5.52 Å². The maximum atomic E-state index is 15.3. The van der Waals surface area contributed by atoms with E-state index in [2.05, 4.69) is 20.3 Å².